The Morgan fingerprint density at radius 2 is 2.08 bits per heavy atom. The van der Waals surface area contributed by atoms with Gasteiger partial charge in [-0.2, -0.15) is 0 Å². The van der Waals surface area contributed by atoms with Crippen LogP contribution in [0.1, 0.15) is 23.1 Å². The Bertz CT molecular complexity index is 271. The minimum absolute atomic E-state index is 0.131. The Balaban J connectivity index is 3.08. The molecule has 0 unspecified atom stereocenters. The second kappa shape index (κ2) is 3.99. The van der Waals surface area contributed by atoms with Gasteiger partial charge in [-0.1, -0.05) is 28.1 Å². The van der Waals surface area contributed by atoms with E-state index in [4.69, 9.17) is 0 Å². The summed E-state index contributed by atoms with van der Waals surface area (Å²) in [5.41, 5.74) is 1.66. The van der Waals surface area contributed by atoms with E-state index in [-0.39, 0.29) is 5.56 Å². The lowest BCUT2D eigenvalue weighted by Crippen LogP contribution is -1.91. The highest BCUT2D eigenvalue weighted by atomic mass is 79.9. The van der Waals surface area contributed by atoms with Gasteiger partial charge in [0.15, 0.2) is 0 Å². The predicted molar refractivity (Wildman–Crippen MR) is 48.8 cm³/mol. The number of benzene rings is 1. The summed E-state index contributed by atoms with van der Waals surface area (Å²) >= 11 is 3.22. The smallest absolute Gasteiger partial charge is 0.205 e. The van der Waals surface area contributed by atoms with E-state index >= 15 is 0 Å². The van der Waals surface area contributed by atoms with Crippen molar-refractivity contribution < 1.29 is 8.78 Å². The van der Waals surface area contributed by atoms with Gasteiger partial charge in [0.2, 0.25) is 0 Å². The maximum absolute atomic E-state index is 12.3. The van der Waals surface area contributed by atoms with Crippen molar-refractivity contribution in [3.05, 3.63) is 34.9 Å². The standard InChI is InChI=1S/C9H9BrF2/c1-6-2-3-7(5-10)4-8(6)9(11)12/h2-4,9H,5H2,1H3. The van der Waals surface area contributed by atoms with E-state index in [1.165, 1.54) is 6.07 Å². The molecule has 0 nitrogen and oxygen atoms in total. The second-order valence-corrected chi connectivity index (χ2v) is 3.19. The van der Waals surface area contributed by atoms with Crippen molar-refractivity contribution in [1.82, 2.24) is 0 Å². The number of hydrogen-bond donors (Lipinski definition) is 0. The number of rotatable bonds is 2. The molecule has 1 rings (SSSR count). The van der Waals surface area contributed by atoms with E-state index in [1.807, 2.05) is 6.07 Å². The van der Waals surface area contributed by atoms with Gasteiger partial charge in [0.05, 0.1) is 0 Å². The van der Waals surface area contributed by atoms with Gasteiger partial charge in [0.25, 0.3) is 6.43 Å². The summed E-state index contributed by atoms with van der Waals surface area (Å²) in [5, 5.41) is 0.618. The summed E-state index contributed by atoms with van der Waals surface area (Å²) in [5.74, 6) is 0. The Morgan fingerprint density at radius 1 is 1.42 bits per heavy atom. The van der Waals surface area contributed by atoms with Crippen LogP contribution in [-0.4, -0.2) is 0 Å². The minimum atomic E-state index is -2.37. The highest BCUT2D eigenvalue weighted by Gasteiger charge is 2.10. The lowest BCUT2D eigenvalue weighted by molar-refractivity contribution is 0.150. The van der Waals surface area contributed by atoms with Crippen molar-refractivity contribution in [1.29, 1.82) is 0 Å². The highest BCUT2D eigenvalue weighted by Crippen LogP contribution is 2.24. The Hall–Kier alpha value is -0.440. The molecule has 0 aliphatic rings. The molecule has 0 radical (unpaired) electrons. The maximum Gasteiger partial charge on any atom is 0.264 e. The molecule has 0 N–H and O–H groups in total. The van der Waals surface area contributed by atoms with Gasteiger partial charge in [0, 0.05) is 10.9 Å². The topological polar surface area (TPSA) is 0 Å². The van der Waals surface area contributed by atoms with Crippen LogP contribution >= 0.6 is 15.9 Å². The molecule has 1 aromatic carbocycles. The first kappa shape index (κ1) is 9.65. The zero-order valence-electron chi connectivity index (χ0n) is 6.65. The van der Waals surface area contributed by atoms with E-state index in [0.717, 1.165) is 5.56 Å². The van der Waals surface area contributed by atoms with Gasteiger partial charge in [0.1, 0.15) is 0 Å². The summed E-state index contributed by atoms with van der Waals surface area (Å²) in [4.78, 5) is 0. The molecule has 3 heteroatoms. The van der Waals surface area contributed by atoms with Gasteiger partial charge in [-0.15, -0.1) is 0 Å². The van der Waals surface area contributed by atoms with Crippen LogP contribution in [0.5, 0.6) is 0 Å². The molecule has 0 aliphatic heterocycles. The third-order valence-electron chi connectivity index (χ3n) is 1.73. The van der Waals surface area contributed by atoms with Crippen LogP contribution < -0.4 is 0 Å². The monoisotopic (exact) mass is 234 g/mol. The molecule has 0 fully saturated rings. The van der Waals surface area contributed by atoms with Gasteiger partial charge in [-0.25, -0.2) is 8.78 Å². The number of hydrogen-bond acceptors (Lipinski definition) is 0. The molecule has 0 spiro atoms. The fourth-order valence-electron chi connectivity index (χ4n) is 1.01. The van der Waals surface area contributed by atoms with E-state index in [0.29, 0.717) is 10.9 Å². The number of alkyl halides is 3. The zero-order valence-corrected chi connectivity index (χ0v) is 8.24. The van der Waals surface area contributed by atoms with E-state index in [1.54, 1.807) is 13.0 Å². The van der Waals surface area contributed by atoms with Crippen LogP contribution in [0.3, 0.4) is 0 Å². The number of halogens is 3. The first-order chi connectivity index (χ1) is 5.65. The summed E-state index contributed by atoms with van der Waals surface area (Å²) in [6.45, 7) is 1.69. The maximum atomic E-state index is 12.3. The zero-order chi connectivity index (χ0) is 9.14. The lowest BCUT2D eigenvalue weighted by atomic mass is 10.1. The summed E-state index contributed by atoms with van der Waals surface area (Å²) in [7, 11) is 0. The molecule has 0 aliphatic carbocycles. The first-order valence-electron chi connectivity index (χ1n) is 3.58. The van der Waals surface area contributed by atoms with Crippen LogP contribution in [0.2, 0.25) is 0 Å². The van der Waals surface area contributed by atoms with Gasteiger partial charge >= 0.3 is 0 Å². The van der Waals surface area contributed by atoms with E-state index in [9.17, 15) is 8.78 Å². The molecule has 0 aromatic heterocycles. The second-order valence-electron chi connectivity index (χ2n) is 2.63. The molecule has 0 heterocycles. The molecule has 1 aromatic rings. The van der Waals surface area contributed by atoms with Crippen molar-refractivity contribution in [2.45, 2.75) is 18.7 Å². The molecule has 0 amide bonds. The predicted octanol–water partition coefficient (Wildman–Crippen LogP) is 3.83. The molecule has 0 bridgehead atoms. The van der Waals surface area contributed by atoms with Gasteiger partial charge in [-0.3, -0.25) is 0 Å². The normalized spacial score (nSPS) is 10.8. The van der Waals surface area contributed by atoms with Crippen LogP contribution in [0, 0.1) is 6.92 Å². The first-order valence-corrected chi connectivity index (χ1v) is 4.71. The summed E-state index contributed by atoms with van der Waals surface area (Å²) < 4.78 is 24.7. The minimum Gasteiger partial charge on any atom is -0.205 e. The van der Waals surface area contributed by atoms with Gasteiger partial charge < -0.3 is 0 Å². The largest absolute Gasteiger partial charge is 0.264 e. The Kier molecular flexibility index (Phi) is 3.20. The summed E-state index contributed by atoms with van der Waals surface area (Å²) in [6, 6.07) is 5.10. The van der Waals surface area contributed by atoms with Gasteiger partial charge in [-0.05, 0) is 24.1 Å². The van der Waals surface area contributed by atoms with Crippen LogP contribution in [0.4, 0.5) is 8.78 Å². The fraction of sp³-hybridized carbons (Fsp3) is 0.333. The van der Waals surface area contributed by atoms with Crippen molar-refractivity contribution in [2.75, 3.05) is 0 Å². The van der Waals surface area contributed by atoms with Crippen LogP contribution in [0.15, 0.2) is 18.2 Å². The third-order valence-corrected chi connectivity index (χ3v) is 2.38. The highest BCUT2D eigenvalue weighted by molar-refractivity contribution is 9.08. The van der Waals surface area contributed by atoms with Crippen molar-refractivity contribution >= 4 is 15.9 Å². The fourth-order valence-corrected chi connectivity index (χ4v) is 1.36. The molecule has 66 valence electrons. The summed E-state index contributed by atoms with van der Waals surface area (Å²) in [6.07, 6.45) is -2.37. The molecular formula is C9H9BrF2. The molecule has 0 saturated carbocycles. The molecule has 12 heavy (non-hydrogen) atoms. The van der Waals surface area contributed by atoms with E-state index < -0.39 is 6.43 Å². The Morgan fingerprint density at radius 3 is 2.58 bits per heavy atom. The molecular weight excluding hydrogens is 226 g/mol. The average molecular weight is 235 g/mol. The van der Waals surface area contributed by atoms with Crippen molar-refractivity contribution in [3.63, 3.8) is 0 Å². The quantitative estimate of drug-likeness (QED) is 0.683. The SMILES string of the molecule is Cc1ccc(CBr)cc1C(F)F. The number of aryl methyl sites for hydroxylation is 1. The Labute approximate surface area is 78.7 Å². The van der Waals surface area contributed by atoms with Crippen LogP contribution in [0.25, 0.3) is 0 Å². The molecule has 0 atom stereocenters. The average Bonchev–Trinajstić information content (AvgIpc) is 2.05. The third kappa shape index (κ3) is 2.03. The van der Waals surface area contributed by atoms with Crippen LogP contribution in [-0.2, 0) is 5.33 Å². The molecule has 0 saturated heterocycles. The lowest BCUT2D eigenvalue weighted by Gasteiger charge is -2.05. The van der Waals surface area contributed by atoms with E-state index in [2.05, 4.69) is 15.9 Å². The van der Waals surface area contributed by atoms with Crippen molar-refractivity contribution in [3.8, 4) is 0 Å². The van der Waals surface area contributed by atoms with Crippen molar-refractivity contribution in [2.24, 2.45) is 0 Å².